The predicted octanol–water partition coefficient (Wildman–Crippen LogP) is 3.41. The Labute approximate surface area is 111 Å². The Morgan fingerprint density at radius 3 is 2.67 bits per heavy atom. The van der Waals surface area contributed by atoms with E-state index >= 15 is 0 Å². The molecule has 2 nitrogen and oxygen atoms in total. The van der Waals surface area contributed by atoms with Crippen LogP contribution in [0.3, 0.4) is 0 Å². The minimum Gasteiger partial charge on any atom is -0.493 e. The second-order valence-corrected chi connectivity index (χ2v) is 5.43. The number of para-hydroxylation sites is 1. The lowest BCUT2D eigenvalue weighted by Crippen LogP contribution is -2.37. The zero-order chi connectivity index (χ0) is 13.0. The smallest absolute Gasteiger partial charge is 0.125 e. The number of rotatable bonds is 4. The van der Waals surface area contributed by atoms with Gasteiger partial charge in [-0.05, 0) is 50.9 Å². The highest BCUT2D eigenvalue weighted by atomic mass is 16.5. The average molecular weight is 247 g/mol. The maximum atomic E-state index is 6.07. The van der Waals surface area contributed by atoms with Crippen molar-refractivity contribution in [3.05, 3.63) is 29.3 Å². The van der Waals surface area contributed by atoms with Gasteiger partial charge < -0.3 is 9.64 Å². The molecule has 1 heterocycles. The van der Waals surface area contributed by atoms with Gasteiger partial charge in [0.05, 0.1) is 6.61 Å². The van der Waals surface area contributed by atoms with Crippen LogP contribution in [0.2, 0.25) is 0 Å². The lowest BCUT2D eigenvalue weighted by Gasteiger charge is -2.31. The van der Waals surface area contributed by atoms with Gasteiger partial charge in [0.15, 0.2) is 0 Å². The molecule has 1 aromatic carbocycles. The Kier molecular flexibility index (Phi) is 4.65. The molecule has 1 saturated heterocycles. The van der Waals surface area contributed by atoms with Crippen molar-refractivity contribution in [2.24, 2.45) is 5.92 Å². The highest BCUT2D eigenvalue weighted by Gasteiger charge is 2.19. The summed E-state index contributed by atoms with van der Waals surface area (Å²) in [7, 11) is 0. The third kappa shape index (κ3) is 3.26. The summed E-state index contributed by atoms with van der Waals surface area (Å²) in [6.45, 7) is 11.0. The molecule has 0 spiro atoms. The molecule has 18 heavy (non-hydrogen) atoms. The Bertz CT molecular complexity index is 368. The van der Waals surface area contributed by atoms with Gasteiger partial charge in [0.25, 0.3) is 0 Å². The number of nitrogens with zero attached hydrogens (tertiary/aromatic N) is 1. The van der Waals surface area contributed by atoms with Crippen LogP contribution in [0.25, 0.3) is 0 Å². The van der Waals surface area contributed by atoms with Crippen LogP contribution >= 0.6 is 0 Å². The van der Waals surface area contributed by atoms with Crippen molar-refractivity contribution in [2.45, 2.75) is 33.6 Å². The lowest BCUT2D eigenvalue weighted by molar-refractivity contribution is 0.134. The Balaban J connectivity index is 1.91. The van der Waals surface area contributed by atoms with Crippen LogP contribution < -0.4 is 4.74 Å². The predicted molar refractivity (Wildman–Crippen MR) is 76.2 cm³/mol. The van der Waals surface area contributed by atoms with Crippen LogP contribution in [0.5, 0.6) is 5.75 Å². The normalized spacial score (nSPS) is 20.9. The molecule has 0 radical (unpaired) electrons. The number of hydrogen-bond acceptors (Lipinski definition) is 2. The van der Waals surface area contributed by atoms with E-state index in [1.807, 2.05) is 0 Å². The molecule has 1 fully saturated rings. The molecule has 0 saturated carbocycles. The largest absolute Gasteiger partial charge is 0.493 e. The topological polar surface area (TPSA) is 12.5 Å². The molecule has 1 unspecified atom stereocenters. The molecule has 2 heteroatoms. The summed E-state index contributed by atoms with van der Waals surface area (Å²) >= 11 is 0. The molecule has 1 atom stereocenters. The van der Waals surface area contributed by atoms with Crippen LogP contribution in [-0.4, -0.2) is 31.1 Å². The number of benzene rings is 1. The SMILES string of the molecule is CCN1CCCC(COc2c(C)cccc2C)C1. The fourth-order valence-electron chi connectivity index (χ4n) is 2.80. The summed E-state index contributed by atoms with van der Waals surface area (Å²) in [6.07, 6.45) is 2.62. The first-order valence-corrected chi connectivity index (χ1v) is 7.12. The molecular formula is C16H25NO. The van der Waals surface area contributed by atoms with Gasteiger partial charge in [0.1, 0.15) is 5.75 Å². The second-order valence-electron chi connectivity index (χ2n) is 5.43. The third-order valence-electron chi connectivity index (χ3n) is 3.92. The van der Waals surface area contributed by atoms with E-state index in [0.717, 1.165) is 12.4 Å². The number of ether oxygens (including phenoxy) is 1. The van der Waals surface area contributed by atoms with E-state index < -0.39 is 0 Å². The van der Waals surface area contributed by atoms with Crippen LogP contribution in [0, 0.1) is 19.8 Å². The van der Waals surface area contributed by atoms with Crippen LogP contribution in [0.4, 0.5) is 0 Å². The molecule has 0 aromatic heterocycles. The average Bonchev–Trinajstić information content (AvgIpc) is 2.38. The summed E-state index contributed by atoms with van der Waals surface area (Å²) in [5, 5.41) is 0. The van der Waals surface area contributed by atoms with Crippen LogP contribution in [0.1, 0.15) is 30.9 Å². The van der Waals surface area contributed by atoms with Gasteiger partial charge in [0, 0.05) is 12.5 Å². The zero-order valence-electron chi connectivity index (χ0n) is 11.9. The van der Waals surface area contributed by atoms with Gasteiger partial charge in [-0.1, -0.05) is 25.1 Å². The van der Waals surface area contributed by atoms with Crippen molar-refractivity contribution in [2.75, 3.05) is 26.2 Å². The maximum Gasteiger partial charge on any atom is 0.125 e. The highest BCUT2D eigenvalue weighted by molar-refractivity contribution is 5.39. The minimum absolute atomic E-state index is 0.692. The fourth-order valence-corrected chi connectivity index (χ4v) is 2.80. The molecular weight excluding hydrogens is 222 g/mol. The Hall–Kier alpha value is -1.02. The first-order valence-electron chi connectivity index (χ1n) is 7.12. The summed E-state index contributed by atoms with van der Waals surface area (Å²) in [4.78, 5) is 2.53. The summed E-state index contributed by atoms with van der Waals surface area (Å²) in [5.41, 5.74) is 2.50. The van der Waals surface area contributed by atoms with Gasteiger partial charge in [-0.2, -0.15) is 0 Å². The number of likely N-dealkylation sites (tertiary alicyclic amines) is 1. The van der Waals surface area contributed by atoms with Crippen molar-refractivity contribution in [1.82, 2.24) is 4.90 Å². The Morgan fingerprint density at radius 1 is 1.28 bits per heavy atom. The summed E-state index contributed by atoms with van der Waals surface area (Å²) in [6, 6.07) is 6.35. The standard InChI is InChI=1S/C16H25NO/c1-4-17-10-6-9-15(11-17)12-18-16-13(2)7-5-8-14(16)3/h5,7-8,15H,4,6,9-12H2,1-3H3. The molecule has 0 N–H and O–H groups in total. The maximum absolute atomic E-state index is 6.07. The molecule has 0 bridgehead atoms. The second kappa shape index (κ2) is 6.24. The van der Waals surface area contributed by atoms with Crippen LogP contribution in [-0.2, 0) is 0 Å². The van der Waals surface area contributed by atoms with Crippen molar-refractivity contribution in [3.8, 4) is 5.75 Å². The molecule has 100 valence electrons. The van der Waals surface area contributed by atoms with Gasteiger partial charge in [-0.15, -0.1) is 0 Å². The lowest BCUT2D eigenvalue weighted by atomic mass is 9.99. The van der Waals surface area contributed by atoms with Gasteiger partial charge in [-0.3, -0.25) is 0 Å². The number of hydrogen-bond donors (Lipinski definition) is 0. The molecule has 1 aromatic rings. The summed E-state index contributed by atoms with van der Waals surface area (Å²) in [5.74, 6) is 1.78. The van der Waals surface area contributed by atoms with E-state index in [1.54, 1.807) is 0 Å². The van der Waals surface area contributed by atoms with E-state index in [9.17, 15) is 0 Å². The van der Waals surface area contributed by atoms with E-state index in [4.69, 9.17) is 4.74 Å². The van der Waals surface area contributed by atoms with E-state index in [2.05, 4.69) is 43.9 Å². The molecule has 0 aliphatic carbocycles. The first-order chi connectivity index (χ1) is 8.70. The quantitative estimate of drug-likeness (QED) is 0.808. The Morgan fingerprint density at radius 2 is 2.00 bits per heavy atom. The third-order valence-corrected chi connectivity index (χ3v) is 3.92. The van der Waals surface area contributed by atoms with Crippen molar-refractivity contribution >= 4 is 0 Å². The van der Waals surface area contributed by atoms with Gasteiger partial charge in [-0.25, -0.2) is 0 Å². The molecule has 1 aliphatic rings. The van der Waals surface area contributed by atoms with Crippen molar-refractivity contribution < 1.29 is 4.74 Å². The van der Waals surface area contributed by atoms with Crippen molar-refractivity contribution in [3.63, 3.8) is 0 Å². The van der Waals surface area contributed by atoms with Crippen molar-refractivity contribution in [1.29, 1.82) is 0 Å². The zero-order valence-corrected chi connectivity index (χ0v) is 11.9. The van der Waals surface area contributed by atoms with Gasteiger partial charge >= 0.3 is 0 Å². The number of aryl methyl sites for hydroxylation is 2. The van der Waals surface area contributed by atoms with Gasteiger partial charge in [0.2, 0.25) is 0 Å². The minimum atomic E-state index is 0.692. The molecule has 1 aliphatic heterocycles. The van der Waals surface area contributed by atoms with E-state index in [-0.39, 0.29) is 0 Å². The van der Waals surface area contributed by atoms with E-state index in [1.165, 1.54) is 43.6 Å². The first kappa shape index (κ1) is 13.4. The summed E-state index contributed by atoms with van der Waals surface area (Å²) < 4.78 is 6.07. The molecule has 2 rings (SSSR count). The van der Waals surface area contributed by atoms with E-state index in [0.29, 0.717) is 5.92 Å². The fraction of sp³-hybridized carbons (Fsp3) is 0.625. The monoisotopic (exact) mass is 247 g/mol. The molecule has 0 amide bonds. The van der Waals surface area contributed by atoms with Crippen LogP contribution in [0.15, 0.2) is 18.2 Å². The number of piperidine rings is 1. The highest BCUT2D eigenvalue weighted by Crippen LogP contribution is 2.24.